The van der Waals surface area contributed by atoms with Crippen LogP contribution in [0.4, 0.5) is 4.39 Å². The van der Waals surface area contributed by atoms with Gasteiger partial charge in [0.15, 0.2) is 0 Å². The molecule has 0 radical (unpaired) electrons. The highest BCUT2D eigenvalue weighted by molar-refractivity contribution is 5.16. The Morgan fingerprint density at radius 1 is 1.25 bits per heavy atom. The first-order valence-electron chi connectivity index (χ1n) is 7.89. The topological polar surface area (TPSA) is 15.3 Å². The summed E-state index contributed by atoms with van der Waals surface area (Å²) >= 11 is 0. The van der Waals surface area contributed by atoms with Crippen molar-refractivity contribution in [1.29, 1.82) is 0 Å². The zero-order valence-corrected chi connectivity index (χ0v) is 12.7. The van der Waals surface area contributed by atoms with Gasteiger partial charge in [0.05, 0.1) is 0 Å². The zero-order chi connectivity index (χ0) is 14.4. The monoisotopic (exact) mass is 278 g/mol. The van der Waals surface area contributed by atoms with Crippen LogP contribution in [0.15, 0.2) is 24.3 Å². The Balaban J connectivity index is 1.67. The van der Waals surface area contributed by atoms with Gasteiger partial charge in [0.25, 0.3) is 0 Å². The van der Waals surface area contributed by atoms with Gasteiger partial charge in [-0.1, -0.05) is 19.1 Å². The van der Waals surface area contributed by atoms with Gasteiger partial charge in [-0.15, -0.1) is 0 Å². The van der Waals surface area contributed by atoms with Gasteiger partial charge in [-0.05, 0) is 76.0 Å². The highest BCUT2D eigenvalue weighted by Gasteiger charge is 2.22. The number of halogens is 1. The second-order valence-corrected chi connectivity index (χ2v) is 5.89. The van der Waals surface area contributed by atoms with Gasteiger partial charge in [-0.3, -0.25) is 0 Å². The van der Waals surface area contributed by atoms with Crippen molar-refractivity contribution in [3.63, 3.8) is 0 Å². The van der Waals surface area contributed by atoms with E-state index in [1.54, 1.807) is 12.1 Å². The Kier molecular flexibility index (Phi) is 5.99. The van der Waals surface area contributed by atoms with Crippen LogP contribution in [-0.4, -0.2) is 37.1 Å². The van der Waals surface area contributed by atoms with E-state index in [4.69, 9.17) is 0 Å². The summed E-state index contributed by atoms with van der Waals surface area (Å²) in [7, 11) is 0. The van der Waals surface area contributed by atoms with Crippen molar-refractivity contribution < 1.29 is 4.39 Å². The van der Waals surface area contributed by atoms with Crippen molar-refractivity contribution >= 4 is 0 Å². The van der Waals surface area contributed by atoms with E-state index in [-0.39, 0.29) is 5.82 Å². The van der Waals surface area contributed by atoms with Crippen molar-refractivity contribution in [2.24, 2.45) is 5.92 Å². The van der Waals surface area contributed by atoms with Crippen molar-refractivity contribution in [3.8, 4) is 0 Å². The number of benzene rings is 1. The molecule has 2 nitrogen and oxygen atoms in total. The van der Waals surface area contributed by atoms with Crippen LogP contribution in [0.5, 0.6) is 0 Å². The largest absolute Gasteiger partial charge is 0.314 e. The minimum atomic E-state index is -0.155. The maximum absolute atomic E-state index is 12.8. The molecule has 1 aliphatic rings. The van der Waals surface area contributed by atoms with E-state index in [9.17, 15) is 4.39 Å². The molecule has 1 atom stereocenters. The molecular formula is C17H27FN2. The number of nitrogens with zero attached hydrogens (tertiary/aromatic N) is 1. The van der Waals surface area contributed by atoms with Crippen LogP contribution >= 0.6 is 0 Å². The summed E-state index contributed by atoms with van der Waals surface area (Å²) in [6, 6.07) is 7.41. The second kappa shape index (κ2) is 7.75. The summed E-state index contributed by atoms with van der Waals surface area (Å²) in [4.78, 5) is 2.53. The Morgan fingerprint density at radius 3 is 2.50 bits per heavy atom. The summed E-state index contributed by atoms with van der Waals surface area (Å²) in [5.74, 6) is 0.642. The van der Waals surface area contributed by atoms with Gasteiger partial charge < -0.3 is 10.2 Å². The molecule has 20 heavy (non-hydrogen) atoms. The molecule has 1 aliphatic heterocycles. The Bertz CT molecular complexity index is 382. The van der Waals surface area contributed by atoms with Gasteiger partial charge in [0.1, 0.15) is 5.82 Å². The molecule has 0 bridgehead atoms. The molecule has 1 fully saturated rings. The highest BCUT2D eigenvalue weighted by atomic mass is 19.1. The fourth-order valence-corrected chi connectivity index (χ4v) is 3.03. The molecule has 1 saturated heterocycles. The van der Waals surface area contributed by atoms with E-state index >= 15 is 0 Å². The lowest BCUT2D eigenvalue weighted by atomic mass is 9.90. The molecule has 0 aliphatic carbocycles. The molecule has 1 aromatic carbocycles. The zero-order valence-electron chi connectivity index (χ0n) is 12.7. The standard InChI is InChI=1S/C17H27FN2/c1-3-20-12-9-16(10-13-20)14(2)19-11-8-15-4-6-17(18)7-5-15/h4-7,14,16,19H,3,8-13H2,1-2H3. The molecule has 0 saturated carbocycles. The first-order valence-corrected chi connectivity index (χ1v) is 7.89. The van der Waals surface area contributed by atoms with E-state index in [0.717, 1.165) is 18.9 Å². The van der Waals surface area contributed by atoms with Crippen LogP contribution in [-0.2, 0) is 6.42 Å². The van der Waals surface area contributed by atoms with E-state index in [0.29, 0.717) is 6.04 Å². The average Bonchev–Trinajstić information content (AvgIpc) is 2.49. The Hall–Kier alpha value is -0.930. The fraction of sp³-hybridized carbons (Fsp3) is 0.647. The molecule has 1 unspecified atom stereocenters. The van der Waals surface area contributed by atoms with Crippen LogP contribution in [0, 0.1) is 11.7 Å². The number of hydrogen-bond acceptors (Lipinski definition) is 2. The maximum Gasteiger partial charge on any atom is 0.123 e. The minimum absolute atomic E-state index is 0.155. The van der Waals surface area contributed by atoms with Crippen molar-refractivity contribution in [2.75, 3.05) is 26.2 Å². The normalized spacial score (nSPS) is 19.1. The third-order valence-corrected chi connectivity index (χ3v) is 4.58. The predicted octanol–water partition coefficient (Wildman–Crippen LogP) is 3.08. The first kappa shape index (κ1) is 15.5. The van der Waals surface area contributed by atoms with E-state index < -0.39 is 0 Å². The summed E-state index contributed by atoms with van der Waals surface area (Å²) in [6.45, 7) is 9.18. The van der Waals surface area contributed by atoms with Crippen LogP contribution < -0.4 is 5.32 Å². The number of nitrogens with one attached hydrogen (secondary N) is 1. The molecule has 2 rings (SSSR count). The van der Waals surface area contributed by atoms with Gasteiger partial charge in [-0.25, -0.2) is 4.39 Å². The van der Waals surface area contributed by atoms with E-state index in [2.05, 4.69) is 24.1 Å². The molecule has 0 aromatic heterocycles. The lowest BCUT2D eigenvalue weighted by molar-refractivity contribution is 0.169. The molecule has 112 valence electrons. The number of piperidine rings is 1. The van der Waals surface area contributed by atoms with Crippen LogP contribution in [0.1, 0.15) is 32.3 Å². The molecule has 1 N–H and O–H groups in total. The Labute approximate surface area is 122 Å². The molecule has 1 aromatic rings. The molecular weight excluding hydrogens is 251 g/mol. The fourth-order valence-electron chi connectivity index (χ4n) is 3.03. The highest BCUT2D eigenvalue weighted by Crippen LogP contribution is 2.20. The van der Waals surface area contributed by atoms with Gasteiger partial charge in [0, 0.05) is 6.04 Å². The van der Waals surface area contributed by atoms with Crippen molar-refractivity contribution in [3.05, 3.63) is 35.6 Å². The van der Waals surface area contributed by atoms with Crippen molar-refractivity contribution in [2.45, 2.75) is 39.2 Å². The minimum Gasteiger partial charge on any atom is -0.314 e. The number of likely N-dealkylation sites (tertiary alicyclic amines) is 1. The quantitative estimate of drug-likeness (QED) is 0.860. The SMILES string of the molecule is CCN1CCC(C(C)NCCc2ccc(F)cc2)CC1. The van der Waals surface area contributed by atoms with E-state index in [1.165, 1.54) is 38.0 Å². The smallest absolute Gasteiger partial charge is 0.123 e. The number of hydrogen-bond donors (Lipinski definition) is 1. The van der Waals surface area contributed by atoms with Crippen LogP contribution in [0.25, 0.3) is 0 Å². The van der Waals surface area contributed by atoms with Crippen molar-refractivity contribution in [1.82, 2.24) is 10.2 Å². The number of rotatable bonds is 6. The van der Waals surface area contributed by atoms with Gasteiger partial charge >= 0.3 is 0 Å². The van der Waals surface area contributed by atoms with Gasteiger partial charge in [0.2, 0.25) is 0 Å². The molecule has 0 spiro atoms. The second-order valence-electron chi connectivity index (χ2n) is 5.89. The molecule has 0 amide bonds. The maximum atomic E-state index is 12.8. The Morgan fingerprint density at radius 2 is 1.90 bits per heavy atom. The third kappa shape index (κ3) is 4.57. The molecule has 1 heterocycles. The van der Waals surface area contributed by atoms with Crippen LogP contribution in [0.2, 0.25) is 0 Å². The van der Waals surface area contributed by atoms with Crippen LogP contribution in [0.3, 0.4) is 0 Å². The first-order chi connectivity index (χ1) is 9.69. The lowest BCUT2D eigenvalue weighted by Crippen LogP contribution is -2.42. The summed E-state index contributed by atoms with van der Waals surface area (Å²) in [5, 5.41) is 3.64. The lowest BCUT2D eigenvalue weighted by Gasteiger charge is -2.34. The summed E-state index contributed by atoms with van der Waals surface area (Å²) in [6.07, 6.45) is 3.58. The third-order valence-electron chi connectivity index (χ3n) is 4.58. The van der Waals surface area contributed by atoms with Gasteiger partial charge in [-0.2, -0.15) is 0 Å². The summed E-state index contributed by atoms with van der Waals surface area (Å²) in [5.41, 5.74) is 1.20. The average molecular weight is 278 g/mol. The summed E-state index contributed by atoms with van der Waals surface area (Å²) < 4.78 is 12.8. The predicted molar refractivity (Wildman–Crippen MR) is 82.4 cm³/mol. The molecule has 3 heteroatoms. The van der Waals surface area contributed by atoms with E-state index in [1.807, 2.05) is 12.1 Å².